The second kappa shape index (κ2) is 5.63. The van der Waals surface area contributed by atoms with Gasteiger partial charge in [-0.05, 0) is 11.8 Å². The minimum atomic E-state index is -0.00954. The molecule has 1 saturated carbocycles. The summed E-state index contributed by atoms with van der Waals surface area (Å²) in [5, 5.41) is 17.6. The van der Waals surface area contributed by atoms with Crippen LogP contribution in [0, 0.1) is 11.8 Å². The van der Waals surface area contributed by atoms with Crippen LogP contribution in [0.1, 0.15) is 51.2 Å². The molecular formula is C13H23N3O. The summed E-state index contributed by atoms with van der Waals surface area (Å²) in [6.07, 6.45) is 6.39. The Kier molecular flexibility index (Phi) is 4.15. The van der Waals surface area contributed by atoms with Crippen LogP contribution in [0.3, 0.4) is 0 Å². The van der Waals surface area contributed by atoms with E-state index in [0.717, 1.165) is 24.7 Å². The molecule has 1 aromatic heterocycles. The number of hydrogen-bond donors (Lipinski definition) is 1. The zero-order valence-corrected chi connectivity index (χ0v) is 10.9. The van der Waals surface area contributed by atoms with Gasteiger partial charge in [-0.25, -0.2) is 0 Å². The predicted molar refractivity (Wildman–Crippen MR) is 66.4 cm³/mol. The first-order valence-electron chi connectivity index (χ1n) is 6.72. The van der Waals surface area contributed by atoms with Gasteiger partial charge < -0.3 is 9.67 Å². The normalized spacial score (nSPS) is 17.2. The molecule has 96 valence electrons. The number of hydrogen-bond acceptors (Lipinski definition) is 3. The number of aliphatic hydroxyl groups excluding tert-OH is 1. The Hall–Kier alpha value is -0.900. The molecule has 0 aromatic carbocycles. The summed E-state index contributed by atoms with van der Waals surface area (Å²) in [4.78, 5) is 0. The van der Waals surface area contributed by atoms with Crippen molar-refractivity contribution in [3.8, 4) is 0 Å². The van der Waals surface area contributed by atoms with Crippen molar-refractivity contribution < 1.29 is 5.11 Å². The molecule has 0 atom stereocenters. The summed E-state index contributed by atoms with van der Waals surface area (Å²) in [7, 11) is 0. The lowest BCUT2D eigenvalue weighted by Gasteiger charge is -2.14. The van der Waals surface area contributed by atoms with Crippen molar-refractivity contribution in [1.82, 2.24) is 14.8 Å². The highest BCUT2D eigenvalue weighted by molar-refractivity contribution is 4.97. The van der Waals surface area contributed by atoms with Crippen LogP contribution in [0.25, 0.3) is 0 Å². The highest BCUT2D eigenvalue weighted by atomic mass is 16.3. The van der Waals surface area contributed by atoms with Crippen LogP contribution in [-0.4, -0.2) is 19.9 Å². The molecule has 0 aliphatic heterocycles. The molecule has 0 bridgehead atoms. The summed E-state index contributed by atoms with van der Waals surface area (Å²) in [5.41, 5.74) is 0. The fourth-order valence-electron chi connectivity index (χ4n) is 2.69. The second-order valence-corrected chi connectivity index (χ2v) is 5.55. The van der Waals surface area contributed by atoms with E-state index in [0.29, 0.717) is 11.7 Å². The SMILES string of the molecule is CC(C)Cn1c(CO)nnc1CC1CCCC1. The van der Waals surface area contributed by atoms with E-state index in [2.05, 4.69) is 28.6 Å². The van der Waals surface area contributed by atoms with E-state index >= 15 is 0 Å². The largest absolute Gasteiger partial charge is 0.388 e. The Morgan fingerprint density at radius 3 is 2.47 bits per heavy atom. The van der Waals surface area contributed by atoms with Crippen molar-refractivity contribution in [2.24, 2.45) is 11.8 Å². The highest BCUT2D eigenvalue weighted by Crippen LogP contribution is 2.27. The van der Waals surface area contributed by atoms with E-state index in [1.165, 1.54) is 25.7 Å². The summed E-state index contributed by atoms with van der Waals surface area (Å²) >= 11 is 0. The molecule has 1 N–H and O–H groups in total. The maximum absolute atomic E-state index is 9.28. The first-order valence-corrected chi connectivity index (χ1v) is 6.72. The molecule has 0 spiro atoms. The van der Waals surface area contributed by atoms with Gasteiger partial charge in [-0.1, -0.05) is 39.5 Å². The van der Waals surface area contributed by atoms with Crippen LogP contribution in [0.4, 0.5) is 0 Å². The number of rotatable bonds is 5. The van der Waals surface area contributed by atoms with E-state index in [9.17, 15) is 5.11 Å². The lowest BCUT2D eigenvalue weighted by Crippen LogP contribution is -2.14. The Bertz CT molecular complexity index is 354. The third-order valence-corrected chi connectivity index (χ3v) is 3.54. The summed E-state index contributed by atoms with van der Waals surface area (Å²) in [5.74, 6) is 3.11. The number of aromatic nitrogens is 3. The minimum Gasteiger partial charge on any atom is -0.388 e. The highest BCUT2D eigenvalue weighted by Gasteiger charge is 2.20. The quantitative estimate of drug-likeness (QED) is 0.853. The molecule has 2 rings (SSSR count). The van der Waals surface area contributed by atoms with Crippen molar-refractivity contribution in [1.29, 1.82) is 0 Å². The third kappa shape index (κ3) is 3.06. The van der Waals surface area contributed by atoms with E-state index in [1.54, 1.807) is 0 Å². The van der Waals surface area contributed by atoms with Crippen LogP contribution < -0.4 is 0 Å². The molecule has 1 aromatic rings. The Morgan fingerprint density at radius 2 is 1.88 bits per heavy atom. The summed E-state index contributed by atoms with van der Waals surface area (Å²) in [6.45, 7) is 5.26. The Morgan fingerprint density at radius 1 is 1.24 bits per heavy atom. The summed E-state index contributed by atoms with van der Waals surface area (Å²) < 4.78 is 2.11. The first-order chi connectivity index (χ1) is 8.20. The smallest absolute Gasteiger partial charge is 0.158 e. The monoisotopic (exact) mass is 237 g/mol. The molecule has 1 aliphatic carbocycles. The van der Waals surface area contributed by atoms with Gasteiger partial charge in [-0.3, -0.25) is 0 Å². The number of aliphatic hydroxyl groups is 1. The van der Waals surface area contributed by atoms with E-state index in [4.69, 9.17) is 0 Å². The minimum absolute atomic E-state index is 0.00954. The molecule has 1 heterocycles. The van der Waals surface area contributed by atoms with E-state index in [-0.39, 0.29) is 6.61 Å². The molecule has 0 unspecified atom stereocenters. The maximum atomic E-state index is 9.28. The molecular weight excluding hydrogens is 214 g/mol. The van der Waals surface area contributed by atoms with Gasteiger partial charge >= 0.3 is 0 Å². The fraction of sp³-hybridized carbons (Fsp3) is 0.846. The second-order valence-electron chi connectivity index (χ2n) is 5.55. The first kappa shape index (κ1) is 12.6. The average Bonchev–Trinajstić information content (AvgIpc) is 2.90. The van der Waals surface area contributed by atoms with Crippen LogP contribution in [-0.2, 0) is 19.6 Å². The Labute approximate surface area is 103 Å². The third-order valence-electron chi connectivity index (χ3n) is 3.54. The molecule has 4 nitrogen and oxygen atoms in total. The molecule has 0 radical (unpaired) electrons. The standard InChI is InChI=1S/C13H23N3O/c1-10(2)8-16-12(14-15-13(16)9-17)7-11-5-3-4-6-11/h10-11,17H,3-9H2,1-2H3. The van der Waals surface area contributed by atoms with Crippen LogP contribution in [0.2, 0.25) is 0 Å². The van der Waals surface area contributed by atoms with Gasteiger partial charge in [0.2, 0.25) is 0 Å². The Balaban J connectivity index is 2.11. The lowest BCUT2D eigenvalue weighted by molar-refractivity contribution is 0.261. The molecule has 17 heavy (non-hydrogen) atoms. The van der Waals surface area contributed by atoms with Crippen molar-refractivity contribution in [3.63, 3.8) is 0 Å². The van der Waals surface area contributed by atoms with Crippen LogP contribution in [0.15, 0.2) is 0 Å². The van der Waals surface area contributed by atoms with Gasteiger partial charge in [0.05, 0.1) is 0 Å². The molecule has 0 amide bonds. The molecule has 1 fully saturated rings. The zero-order chi connectivity index (χ0) is 12.3. The average molecular weight is 237 g/mol. The van der Waals surface area contributed by atoms with Gasteiger partial charge in [-0.2, -0.15) is 0 Å². The van der Waals surface area contributed by atoms with Crippen molar-refractivity contribution in [2.45, 2.75) is 59.1 Å². The van der Waals surface area contributed by atoms with E-state index in [1.807, 2.05) is 0 Å². The van der Waals surface area contributed by atoms with Crippen molar-refractivity contribution >= 4 is 0 Å². The van der Waals surface area contributed by atoms with Gasteiger partial charge in [0.25, 0.3) is 0 Å². The maximum Gasteiger partial charge on any atom is 0.158 e. The van der Waals surface area contributed by atoms with Crippen LogP contribution in [0.5, 0.6) is 0 Å². The molecule has 1 aliphatic rings. The van der Waals surface area contributed by atoms with Gasteiger partial charge in [0.1, 0.15) is 12.4 Å². The van der Waals surface area contributed by atoms with Gasteiger partial charge in [0.15, 0.2) is 5.82 Å². The summed E-state index contributed by atoms with van der Waals surface area (Å²) in [6, 6.07) is 0. The van der Waals surface area contributed by atoms with Gasteiger partial charge in [0, 0.05) is 13.0 Å². The van der Waals surface area contributed by atoms with Crippen LogP contribution >= 0.6 is 0 Å². The molecule has 0 saturated heterocycles. The van der Waals surface area contributed by atoms with Crippen molar-refractivity contribution in [3.05, 3.63) is 11.6 Å². The van der Waals surface area contributed by atoms with Crippen molar-refractivity contribution in [2.75, 3.05) is 0 Å². The topological polar surface area (TPSA) is 50.9 Å². The lowest BCUT2D eigenvalue weighted by atomic mass is 10.0. The molecule has 4 heteroatoms. The number of nitrogens with zero attached hydrogens (tertiary/aromatic N) is 3. The fourth-order valence-corrected chi connectivity index (χ4v) is 2.69. The zero-order valence-electron chi connectivity index (χ0n) is 10.9. The van der Waals surface area contributed by atoms with E-state index < -0.39 is 0 Å². The predicted octanol–water partition coefficient (Wildman–Crippen LogP) is 2.16. The van der Waals surface area contributed by atoms with Gasteiger partial charge in [-0.15, -0.1) is 10.2 Å².